The number of rotatable bonds is 3. The third kappa shape index (κ3) is 2.71. The van der Waals surface area contributed by atoms with E-state index < -0.39 is 0 Å². The Labute approximate surface area is 99.1 Å². The average Bonchev–Trinajstić information content (AvgIpc) is 2.83. The zero-order chi connectivity index (χ0) is 11.4. The van der Waals surface area contributed by atoms with E-state index in [4.69, 9.17) is 4.74 Å². The fraction of sp³-hybridized carbons (Fsp3) is 0.417. The van der Waals surface area contributed by atoms with Crippen LogP contribution in [-0.4, -0.2) is 18.6 Å². The second-order valence-electron chi connectivity index (χ2n) is 3.81. The van der Waals surface area contributed by atoms with Crippen molar-refractivity contribution in [2.45, 2.75) is 25.0 Å². The monoisotopic (exact) mass is 237 g/mol. The molecular formula is C12H15NO2S. The van der Waals surface area contributed by atoms with Crippen molar-refractivity contribution in [1.29, 1.82) is 0 Å². The highest BCUT2D eigenvalue weighted by molar-refractivity contribution is 7.10. The van der Waals surface area contributed by atoms with Crippen LogP contribution in [0, 0.1) is 0 Å². The van der Waals surface area contributed by atoms with Crippen LogP contribution in [0.15, 0.2) is 30.2 Å². The van der Waals surface area contributed by atoms with E-state index in [1.165, 1.54) is 11.0 Å². The van der Waals surface area contributed by atoms with Gasteiger partial charge in [-0.1, -0.05) is 12.6 Å². The molecule has 0 aliphatic carbocycles. The molecule has 1 aliphatic rings. The number of thiophene rings is 1. The molecule has 2 heterocycles. The minimum Gasteiger partial charge on any atom is -0.373 e. The lowest BCUT2D eigenvalue weighted by Gasteiger charge is -2.29. The van der Waals surface area contributed by atoms with Crippen LogP contribution in [0.3, 0.4) is 0 Å². The zero-order valence-electron chi connectivity index (χ0n) is 9.02. The summed E-state index contributed by atoms with van der Waals surface area (Å²) in [5.41, 5.74) is 0. The van der Waals surface area contributed by atoms with Crippen LogP contribution in [0.4, 0.5) is 0 Å². The Hall–Kier alpha value is -1.13. The van der Waals surface area contributed by atoms with Gasteiger partial charge in [-0.25, -0.2) is 0 Å². The van der Waals surface area contributed by atoms with E-state index in [1.54, 1.807) is 11.3 Å². The summed E-state index contributed by atoms with van der Waals surface area (Å²) in [5, 5.41) is 4.97. The molecule has 1 aromatic heterocycles. The van der Waals surface area contributed by atoms with E-state index in [2.05, 4.69) is 18.0 Å². The molecule has 2 rings (SSSR count). The lowest BCUT2D eigenvalue weighted by Crippen LogP contribution is -2.38. The molecule has 0 saturated carbocycles. The first kappa shape index (κ1) is 11.4. The van der Waals surface area contributed by atoms with E-state index in [-0.39, 0.29) is 18.1 Å². The fourth-order valence-electron chi connectivity index (χ4n) is 1.86. The Balaban J connectivity index is 1.94. The lowest BCUT2D eigenvalue weighted by atomic mass is 10.0. The first-order chi connectivity index (χ1) is 7.79. The van der Waals surface area contributed by atoms with Crippen LogP contribution in [0.2, 0.25) is 0 Å². The third-order valence-corrected chi connectivity index (χ3v) is 3.64. The topological polar surface area (TPSA) is 38.3 Å². The number of hydrogen-bond donors (Lipinski definition) is 1. The molecule has 2 atom stereocenters. The first-order valence-corrected chi connectivity index (χ1v) is 6.25. The van der Waals surface area contributed by atoms with E-state index in [9.17, 15) is 4.79 Å². The maximum absolute atomic E-state index is 11.2. The second kappa shape index (κ2) is 5.27. The summed E-state index contributed by atoms with van der Waals surface area (Å²) in [6.45, 7) is 4.15. The quantitative estimate of drug-likeness (QED) is 0.819. The van der Waals surface area contributed by atoms with Gasteiger partial charge in [0, 0.05) is 17.5 Å². The highest BCUT2D eigenvalue weighted by Crippen LogP contribution is 2.30. The molecule has 1 aromatic rings. The van der Waals surface area contributed by atoms with Crippen molar-refractivity contribution in [3.8, 4) is 0 Å². The maximum atomic E-state index is 11.2. The summed E-state index contributed by atoms with van der Waals surface area (Å²) in [4.78, 5) is 12.4. The minimum absolute atomic E-state index is 0.100. The van der Waals surface area contributed by atoms with Gasteiger partial charge in [0.2, 0.25) is 5.91 Å². The highest BCUT2D eigenvalue weighted by atomic mass is 32.1. The van der Waals surface area contributed by atoms with Gasteiger partial charge in [-0.2, -0.15) is 0 Å². The number of carbonyl (C=O) groups is 1. The van der Waals surface area contributed by atoms with Crippen LogP contribution >= 0.6 is 11.3 Å². The Morgan fingerprint density at radius 1 is 1.69 bits per heavy atom. The first-order valence-electron chi connectivity index (χ1n) is 5.37. The van der Waals surface area contributed by atoms with Crippen LogP contribution in [0.5, 0.6) is 0 Å². The number of hydrogen-bond acceptors (Lipinski definition) is 3. The average molecular weight is 237 g/mol. The van der Waals surface area contributed by atoms with Gasteiger partial charge >= 0.3 is 0 Å². The smallest absolute Gasteiger partial charge is 0.243 e. The summed E-state index contributed by atoms with van der Waals surface area (Å²) >= 11 is 1.70. The van der Waals surface area contributed by atoms with Crippen LogP contribution in [0.1, 0.15) is 23.8 Å². The molecule has 1 fully saturated rings. The molecule has 1 N–H and O–H groups in total. The Morgan fingerprint density at radius 3 is 3.25 bits per heavy atom. The van der Waals surface area contributed by atoms with E-state index in [1.807, 2.05) is 11.4 Å². The molecule has 1 amide bonds. The van der Waals surface area contributed by atoms with Gasteiger partial charge in [0.15, 0.2) is 0 Å². The molecule has 4 heteroatoms. The Morgan fingerprint density at radius 2 is 2.56 bits per heavy atom. The van der Waals surface area contributed by atoms with Gasteiger partial charge in [0.05, 0.1) is 6.10 Å². The largest absolute Gasteiger partial charge is 0.373 e. The molecule has 0 spiro atoms. The Kier molecular flexibility index (Phi) is 3.74. The molecule has 1 saturated heterocycles. The summed E-state index contributed by atoms with van der Waals surface area (Å²) < 4.78 is 5.70. The van der Waals surface area contributed by atoms with Crippen molar-refractivity contribution in [2.24, 2.45) is 0 Å². The summed E-state index contributed by atoms with van der Waals surface area (Å²) in [5.74, 6) is -0.100. The second-order valence-corrected chi connectivity index (χ2v) is 4.79. The minimum atomic E-state index is -0.100. The van der Waals surface area contributed by atoms with Crippen molar-refractivity contribution in [3.05, 3.63) is 35.0 Å². The molecule has 3 nitrogen and oxygen atoms in total. The number of ether oxygens (including phenoxy) is 1. The van der Waals surface area contributed by atoms with Crippen molar-refractivity contribution in [2.75, 3.05) is 6.61 Å². The number of amides is 1. The van der Waals surface area contributed by atoms with Crippen molar-refractivity contribution in [3.63, 3.8) is 0 Å². The summed E-state index contributed by atoms with van der Waals surface area (Å²) in [6, 6.07) is 4.30. The summed E-state index contributed by atoms with van der Waals surface area (Å²) in [7, 11) is 0. The molecule has 2 unspecified atom stereocenters. The van der Waals surface area contributed by atoms with Gasteiger partial charge in [0.1, 0.15) is 0 Å². The molecule has 16 heavy (non-hydrogen) atoms. The molecular weight excluding hydrogens is 222 g/mol. The highest BCUT2D eigenvalue weighted by Gasteiger charge is 2.24. The van der Waals surface area contributed by atoms with Crippen molar-refractivity contribution in [1.82, 2.24) is 5.32 Å². The molecule has 0 radical (unpaired) electrons. The molecule has 0 aromatic carbocycles. The van der Waals surface area contributed by atoms with E-state index in [0.717, 1.165) is 12.8 Å². The zero-order valence-corrected chi connectivity index (χ0v) is 9.83. The fourth-order valence-corrected chi connectivity index (χ4v) is 2.65. The van der Waals surface area contributed by atoms with E-state index in [0.29, 0.717) is 6.61 Å². The third-order valence-electron chi connectivity index (χ3n) is 2.68. The van der Waals surface area contributed by atoms with Gasteiger partial charge in [-0.05, 0) is 30.4 Å². The van der Waals surface area contributed by atoms with Crippen molar-refractivity contribution >= 4 is 17.2 Å². The molecule has 1 aliphatic heterocycles. The lowest BCUT2D eigenvalue weighted by molar-refractivity contribution is -0.118. The van der Waals surface area contributed by atoms with Gasteiger partial charge in [-0.3, -0.25) is 4.79 Å². The molecule has 86 valence electrons. The summed E-state index contributed by atoms with van der Waals surface area (Å²) in [6.07, 6.45) is 3.17. The van der Waals surface area contributed by atoms with Crippen LogP contribution in [-0.2, 0) is 9.53 Å². The standard InChI is InChI=1S/C12H15NO2S/c1-2-12(14)13-9-5-6-15-10(8-9)11-4-3-7-16-11/h2-4,7,9-10H,1,5-6,8H2,(H,13,14). The normalized spacial score (nSPS) is 25.0. The predicted molar refractivity (Wildman–Crippen MR) is 64.4 cm³/mol. The molecule has 0 bridgehead atoms. The number of carbonyl (C=O) groups excluding carboxylic acids is 1. The SMILES string of the molecule is C=CC(=O)NC1CCOC(c2cccs2)C1. The number of nitrogens with one attached hydrogen (secondary N) is 1. The van der Waals surface area contributed by atoms with Gasteiger partial charge in [-0.15, -0.1) is 11.3 Å². The van der Waals surface area contributed by atoms with Crippen LogP contribution in [0.25, 0.3) is 0 Å². The van der Waals surface area contributed by atoms with Gasteiger partial charge < -0.3 is 10.1 Å². The maximum Gasteiger partial charge on any atom is 0.243 e. The van der Waals surface area contributed by atoms with Crippen LogP contribution < -0.4 is 5.32 Å². The van der Waals surface area contributed by atoms with E-state index >= 15 is 0 Å². The van der Waals surface area contributed by atoms with Crippen molar-refractivity contribution < 1.29 is 9.53 Å². The van der Waals surface area contributed by atoms with Gasteiger partial charge in [0.25, 0.3) is 0 Å². The predicted octanol–water partition coefficient (Wildman–Crippen LogP) is 2.27. The Bertz CT molecular complexity index is 361.